The standard InChI is InChI=1S/C18H19BrO3/c1-2-4-16-14(12-19)5-3-6-17(16)22-15-9-7-13(8-10-15)11-18(20)21/h3,5-10H,2,4,11-12H2,1H3,(H,20,21). The highest BCUT2D eigenvalue weighted by atomic mass is 79.9. The van der Waals surface area contributed by atoms with Crippen LogP contribution in [0.5, 0.6) is 11.5 Å². The summed E-state index contributed by atoms with van der Waals surface area (Å²) in [5.74, 6) is 0.756. The summed E-state index contributed by atoms with van der Waals surface area (Å²) in [4.78, 5) is 10.7. The molecule has 0 unspecified atom stereocenters. The molecule has 0 aliphatic heterocycles. The molecule has 0 amide bonds. The molecule has 0 saturated carbocycles. The van der Waals surface area contributed by atoms with Crippen molar-refractivity contribution in [2.75, 3.05) is 0 Å². The molecule has 116 valence electrons. The first-order valence-corrected chi connectivity index (χ1v) is 8.41. The Bertz CT molecular complexity index is 635. The van der Waals surface area contributed by atoms with Gasteiger partial charge in [0.15, 0.2) is 0 Å². The number of alkyl halides is 1. The number of hydrogen-bond acceptors (Lipinski definition) is 2. The molecule has 3 nitrogen and oxygen atoms in total. The summed E-state index contributed by atoms with van der Waals surface area (Å²) >= 11 is 3.52. The minimum Gasteiger partial charge on any atom is -0.481 e. The third-order valence-electron chi connectivity index (χ3n) is 3.38. The Balaban J connectivity index is 2.21. The largest absolute Gasteiger partial charge is 0.481 e. The zero-order chi connectivity index (χ0) is 15.9. The van der Waals surface area contributed by atoms with Crippen LogP contribution in [0, 0.1) is 0 Å². The number of ether oxygens (including phenoxy) is 1. The molecule has 0 aliphatic carbocycles. The van der Waals surface area contributed by atoms with Crippen LogP contribution in [0.3, 0.4) is 0 Å². The second-order valence-corrected chi connectivity index (χ2v) is 5.65. The molecule has 2 aromatic carbocycles. The molecule has 2 aromatic rings. The second-order valence-electron chi connectivity index (χ2n) is 5.09. The van der Waals surface area contributed by atoms with Gasteiger partial charge in [0, 0.05) is 5.33 Å². The molecule has 1 N–H and O–H groups in total. The smallest absolute Gasteiger partial charge is 0.307 e. The molecule has 2 rings (SSSR count). The van der Waals surface area contributed by atoms with E-state index in [1.54, 1.807) is 12.1 Å². The Kier molecular flexibility index (Phi) is 6.01. The molecule has 0 saturated heterocycles. The lowest BCUT2D eigenvalue weighted by Crippen LogP contribution is -2.00. The van der Waals surface area contributed by atoms with Crippen LogP contribution in [0.4, 0.5) is 0 Å². The Morgan fingerprint density at radius 3 is 2.50 bits per heavy atom. The van der Waals surface area contributed by atoms with Crippen molar-refractivity contribution in [2.24, 2.45) is 0 Å². The molecule has 0 bridgehead atoms. The van der Waals surface area contributed by atoms with Crippen molar-refractivity contribution in [1.29, 1.82) is 0 Å². The molecular formula is C18H19BrO3. The van der Waals surface area contributed by atoms with Gasteiger partial charge in [0.05, 0.1) is 6.42 Å². The molecule has 0 aromatic heterocycles. The summed E-state index contributed by atoms with van der Waals surface area (Å²) in [6.45, 7) is 2.15. The molecule has 0 atom stereocenters. The van der Waals surface area contributed by atoms with Crippen LogP contribution in [0.15, 0.2) is 42.5 Å². The fourth-order valence-corrected chi connectivity index (χ4v) is 2.87. The quantitative estimate of drug-likeness (QED) is 0.708. The van der Waals surface area contributed by atoms with Gasteiger partial charge in [-0.15, -0.1) is 0 Å². The van der Waals surface area contributed by atoms with Crippen molar-refractivity contribution in [3.8, 4) is 11.5 Å². The number of carbonyl (C=O) groups is 1. The highest BCUT2D eigenvalue weighted by Crippen LogP contribution is 2.30. The van der Waals surface area contributed by atoms with E-state index in [-0.39, 0.29) is 6.42 Å². The van der Waals surface area contributed by atoms with E-state index in [1.165, 1.54) is 11.1 Å². The summed E-state index contributed by atoms with van der Waals surface area (Å²) in [5.41, 5.74) is 3.22. The lowest BCUT2D eigenvalue weighted by atomic mass is 10.0. The van der Waals surface area contributed by atoms with Crippen LogP contribution in [0.1, 0.15) is 30.0 Å². The van der Waals surface area contributed by atoms with E-state index >= 15 is 0 Å². The van der Waals surface area contributed by atoms with Gasteiger partial charge in [-0.3, -0.25) is 4.79 Å². The van der Waals surface area contributed by atoms with Crippen LogP contribution < -0.4 is 4.74 Å². The van der Waals surface area contributed by atoms with Gasteiger partial charge in [0.25, 0.3) is 0 Å². The monoisotopic (exact) mass is 362 g/mol. The van der Waals surface area contributed by atoms with E-state index in [0.29, 0.717) is 0 Å². The van der Waals surface area contributed by atoms with Gasteiger partial charge in [-0.25, -0.2) is 0 Å². The Morgan fingerprint density at radius 2 is 1.91 bits per heavy atom. The number of aliphatic carboxylic acids is 1. The van der Waals surface area contributed by atoms with Gasteiger partial charge in [-0.1, -0.05) is 53.5 Å². The van der Waals surface area contributed by atoms with E-state index in [2.05, 4.69) is 28.9 Å². The summed E-state index contributed by atoms with van der Waals surface area (Å²) in [6, 6.07) is 13.3. The number of hydrogen-bond donors (Lipinski definition) is 1. The summed E-state index contributed by atoms with van der Waals surface area (Å²) in [5, 5.41) is 9.59. The molecule has 0 fully saturated rings. The fourth-order valence-electron chi connectivity index (χ4n) is 2.34. The second kappa shape index (κ2) is 7.99. The van der Waals surface area contributed by atoms with E-state index < -0.39 is 5.97 Å². The zero-order valence-corrected chi connectivity index (χ0v) is 14.1. The van der Waals surface area contributed by atoms with Crippen molar-refractivity contribution in [1.82, 2.24) is 0 Å². The average molecular weight is 363 g/mol. The van der Waals surface area contributed by atoms with Gasteiger partial charge in [0.2, 0.25) is 0 Å². The zero-order valence-electron chi connectivity index (χ0n) is 12.5. The van der Waals surface area contributed by atoms with Crippen molar-refractivity contribution in [3.63, 3.8) is 0 Å². The highest BCUT2D eigenvalue weighted by molar-refractivity contribution is 9.08. The van der Waals surface area contributed by atoms with Gasteiger partial charge in [0.1, 0.15) is 11.5 Å². The van der Waals surface area contributed by atoms with Gasteiger partial charge < -0.3 is 9.84 Å². The lowest BCUT2D eigenvalue weighted by Gasteiger charge is -2.14. The van der Waals surface area contributed by atoms with Gasteiger partial charge in [-0.2, -0.15) is 0 Å². The number of halogens is 1. The topological polar surface area (TPSA) is 46.5 Å². The van der Waals surface area contributed by atoms with Crippen molar-refractivity contribution < 1.29 is 14.6 Å². The molecule has 0 heterocycles. The van der Waals surface area contributed by atoms with Gasteiger partial charge in [-0.05, 0) is 41.3 Å². The van der Waals surface area contributed by atoms with Crippen molar-refractivity contribution in [3.05, 3.63) is 59.2 Å². The van der Waals surface area contributed by atoms with E-state index in [0.717, 1.165) is 35.2 Å². The van der Waals surface area contributed by atoms with E-state index in [1.807, 2.05) is 24.3 Å². The first-order chi connectivity index (χ1) is 10.6. The highest BCUT2D eigenvalue weighted by Gasteiger charge is 2.09. The normalized spacial score (nSPS) is 10.5. The van der Waals surface area contributed by atoms with Crippen LogP contribution in [-0.4, -0.2) is 11.1 Å². The number of carboxylic acids is 1. The van der Waals surface area contributed by atoms with Crippen LogP contribution >= 0.6 is 15.9 Å². The Morgan fingerprint density at radius 1 is 1.18 bits per heavy atom. The van der Waals surface area contributed by atoms with Crippen LogP contribution in [-0.2, 0) is 23.0 Å². The fraction of sp³-hybridized carbons (Fsp3) is 0.278. The van der Waals surface area contributed by atoms with Crippen LogP contribution in [0.25, 0.3) is 0 Å². The minimum absolute atomic E-state index is 0.0282. The third-order valence-corrected chi connectivity index (χ3v) is 3.98. The Labute approximate surface area is 139 Å². The van der Waals surface area contributed by atoms with E-state index in [9.17, 15) is 4.79 Å². The molecule has 0 radical (unpaired) electrons. The van der Waals surface area contributed by atoms with Crippen molar-refractivity contribution >= 4 is 21.9 Å². The number of benzene rings is 2. The lowest BCUT2D eigenvalue weighted by molar-refractivity contribution is -0.136. The molecule has 0 spiro atoms. The van der Waals surface area contributed by atoms with E-state index in [4.69, 9.17) is 9.84 Å². The predicted molar refractivity (Wildman–Crippen MR) is 90.9 cm³/mol. The van der Waals surface area contributed by atoms with Crippen molar-refractivity contribution in [2.45, 2.75) is 31.5 Å². The first kappa shape index (κ1) is 16.6. The maximum Gasteiger partial charge on any atom is 0.307 e. The molecule has 22 heavy (non-hydrogen) atoms. The molecule has 4 heteroatoms. The first-order valence-electron chi connectivity index (χ1n) is 7.29. The number of rotatable bonds is 7. The van der Waals surface area contributed by atoms with Crippen LogP contribution in [0.2, 0.25) is 0 Å². The summed E-state index contributed by atoms with van der Waals surface area (Å²) < 4.78 is 6.00. The minimum atomic E-state index is -0.830. The maximum atomic E-state index is 10.7. The third kappa shape index (κ3) is 4.34. The Hall–Kier alpha value is -1.81. The summed E-state index contributed by atoms with van der Waals surface area (Å²) in [7, 11) is 0. The average Bonchev–Trinajstić information content (AvgIpc) is 2.50. The maximum absolute atomic E-state index is 10.7. The number of carboxylic acid groups (broad SMARTS) is 1. The molecular weight excluding hydrogens is 344 g/mol. The summed E-state index contributed by atoms with van der Waals surface area (Å²) in [6.07, 6.45) is 2.05. The predicted octanol–water partition coefficient (Wildman–Crippen LogP) is 4.95. The SMILES string of the molecule is CCCc1c(CBr)cccc1Oc1ccc(CC(=O)O)cc1. The molecule has 0 aliphatic rings. The van der Waals surface area contributed by atoms with Gasteiger partial charge >= 0.3 is 5.97 Å².